The number of aromatic nitrogens is 2. The number of nitrogens with zero attached hydrogens (tertiary/aromatic N) is 3. The highest BCUT2D eigenvalue weighted by atomic mass is 35.5. The van der Waals surface area contributed by atoms with Gasteiger partial charge in [0.2, 0.25) is 12.2 Å². The van der Waals surface area contributed by atoms with E-state index < -0.39 is 81.4 Å². The molecule has 0 aliphatic rings. The molecule has 0 N–H and O–H groups in total. The highest BCUT2D eigenvalue weighted by molar-refractivity contribution is 6.34. The number of esters is 1. The zero-order valence-electron chi connectivity index (χ0n) is 19.3. The van der Waals surface area contributed by atoms with Gasteiger partial charge < -0.3 is 9.47 Å². The van der Waals surface area contributed by atoms with Gasteiger partial charge in [0.15, 0.2) is 5.69 Å². The number of benzene rings is 1. The van der Waals surface area contributed by atoms with E-state index in [1.807, 2.05) is 0 Å². The molecule has 0 bridgehead atoms. The third-order valence-corrected chi connectivity index (χ3v) is 5.43. The third kappa shape index (κ3) is 6.46. The number of alkyl halides is 9. The molecule has 212 valence electrons. The molecular weight excluding hydrogens is 588 g/mol. The molecule has 7 nitrogen and oxygen atoms in total. The third-order valence-electron chi connectivity index (χ3n) is 4.69. The number of carbonyl (C=O) groups is 1. The molecule has 0 saturated heterocycles. The maximum Gasteiger partial charge on any atom is 0.435 e. The van der Waals surface area contributed by atoms with Crippen molar-refractivity contribution in [1.82, 2.24) is 9.55 Å². The van der Waals surface area contributed by atoms with Gasteiger partial charge in [-0.2, -0.15) is 39.5 Å². The van der Waals surface area contributed by atoms with Crippen LogP contribution in [0.25, 0.3) is 0 Å². The molecule has 1 aromatic carbocycles. The molecule has 2 aromatic rings. The highest BCUT2D eigenvalue weighted by Crippen LogP contribution is 2.46. The van der Waals surface area contributed by atoms with Crippen LogP contribution >= 0.6 is 23.2 Å². The van der Waals surface area contributed by atoms with E-state index in [9.17, 15) is 49.1 Å². The molecule has 0 radical (unpaired) electrons. The molecule has 1 aromatic heterocycles. The van der Waals surface area contributed by atoms with E-state index in [2.05, 4.69) is 4.98 Å². The summed E-state index contributed by atoms with van der Waals surface area (Å²) in [6.45, 7) is 1.68. The number of halogens is 11. The van der Waals surface area contributed by atoms with E-state index in [1.165, 1.54) is 13.8 Å². The van der Waals surface area contributed by atoms with Crippen molar-refractivity contribution in [2.75, 3.05) is 18.1 Å². The van der Waals surface area contributed by atoms with Gasteiger partial charge in [0.05, 0.1) is 28.4 Å². The lowest BCUT2D eigenvalue weighted by molar-refractivity contribution is -0.155. The van der Waals surface area contributed by atoms with Crippen molar-refractivity contribution in [3.63, 3.8) is 0 Å². The van der Waals surface area contributed by atoms with Crippen LogP contribution in [-0.4, -0.2) is 35.0 Å². The van der Waals surface area contributed by atoms with Crippen molar-refractivity contribution in [2.45, 2.75) is 38.6 Å². The van der Waals surface area contributed by atoms with Crippen LogP contribution in [0, 0.1) is 0 Å². The van der Waals surface area contributed by atoms with Gasteiger partial charge in [-0.15, -0.1) is 0 Å². The van der Waals surface area contributed by atoms with Crippen molar-refractivity contribution in [1.29, 1.82) is 0 Å². The van der Waals surface area contributed by atoms with Crippen molar-refractivity contribution in [2.24, 2.45) is 7.05 Å². The molecular formula is C20H16Cl2F9N3O4. The summed E-state index contributed by atoms with van der Waals surface area (Å²) in [5.41, 5.74) is -8.96. The van der Waals surface area contributed by atoms with Crippen LogP contribution in [-0.2, 0) is 39.8 Å². The molecule has 38 heavy (non-hydrogen) atoms. The number of hydrogen-bond donors (Lipinski definition) is 0. The molecule has 0 aliphatic heterocycles. The molecule has 0 spiro atoms. The number of ether oxygens (including phenoxy) is 2. The van der Waals surface area contributed by atoms with E-state index >= 15 is 0 Å². The van der Waals surface area contributed by atoms with Crippen LogP contribution in [0.2, 0.25) is 10.0 Å². The van der Waals surface area contributed by atoms with Crippen LogP contribution < -0.4 is 10.5 Å². The Morgan fingerprint density at radius 1 is 0.974 bits per heavy atom. The Morgan fingerprint density at radius 3 is 2.00 bits per heavy atom. The Labute approximate surface area is 217 Å². The predicted octanol–water partition coefficient (Wildman–Crippen LogP) is 6.21. The van der Waals surface area contributed by atoms with Gasteiger partial charge in [0.25, 0.3) is 5.56 Å². The van der Waals surface area contributed by atoms with Gasteiger partial charge >= 0.3 is 24.5 Å². The monoisotopic (exact) mass is 603 g/mol. The Balaban J connectivity index is 3.17. The zero-order chi connectivity index (χ0) is 29.4. The lowest BCUT2D eigenvalue weighted by atomic mass is 10.1. The summed E-state index contributed by atoms with van der Waals surface area (Å²) in [4.78, 5) is 28.5. The van der Waals surface area contributed by atoms with Crippen LogP contribution in [0.15, 0.2) is 16.9 Å². The number of hydrogen-bond acceptors (Lipinski definition) is 6. The van der Waals surface area contributed by atoms with Gasteiger partial charge in [-0.05, 0) is 26.0 Å². The van der Waals surface area contributed by atoms with E-state index in [1.54, 1.807) is 0 Å². The first-order valence-electron chi connectivity index (χ1n) is 10.2. The SMILES string of the molecule is CCOC(=O)C(OCC)N(c1cc(C(F)(F)F)cc(C(F)(F)F)c1Cl)c1nc(C(F)(F)F)c(Cl)c(=O)n1C. The summed E-state index contributed by atoms with van der Waals surface area (Å²) in [6.07, 6.45) is -18.7. The molecule has 18 heteroatoms. The Kier molecular flexibility index (Phi) is 9.27. The molecule has 1 heterocycles. The quantitative estimate of drug-likeness (QED) is 0.213. The van der Waals surface area contributed by atoms with Crippen LogP contribution in [0.3, 0.4) is 0 Å². The predicted molar refractivity (Wildman–Crippen MR) is 115 cm³/mol. The summed E-state index contributed by atoms with van der Waals surface area (Å²) in [5, 5.41) is -2.93. The minimum absolute atomic E-state index is 0.0246. The second-order valence-electron chi connectivity index (χ2n) is 7.22. The number of anilines is 2. The van der Waals surface area contributed by atoms with Crippen molar-refractivity contribution in [3.8, 4) is 0 Å². The topological polar surface area (TPSA) is 73.7 Å². The van der Waals surface area contributed by atoms with Gasteiger partial charge in [-0.3, -0.25) is 14.3 Å². The molecule has 0 aliphatic carbocycles. The first kappa shape index (κ1) is 31.5. The molecule has 0 fully saturated rings. The fraction of sp³-hybridized carbons (Fsp3) is 0.450. The normalized spacial score (nSPS) is 13.4. The minimum atomic E-state index is -5.50. The Morgan fingerprint density at radius 2 is 1.55 bits per heavy atom. The fourth-order valence-electron chi connectivity index (χ4n) is 3.08. The Bertz CT molecular complexity index is 1260. The Hall–Kier alpha value is -2.72. The van der Waals surface area contributed by atoms with Crippen molar-refractivity contribution >= 4 is 40.8 Å². The standard InChI is InChI=1S/C20H16Cl2F9N3O4/c1-4-37-15(16(36)38-5-2)34(17-32-13(20(29,30)31)12(22)14(35)33(17)3)10-7-8(18(23,24)25)6-9(11(10)21)19(26,27)28/h6-7,15H,4-5H2,1-3H3. The molecule has 1 unspecified atom stereocenters. The highest BCUT2D eigenvalue weighted by Gasteiger charge is 2.44. The molecule has 0 saturated carbocycles. The molecule has 0 amide bonds. The maximum absolute atomic E-state index is 13.7. The summed E-state index contributed by atoms with van der Waals surface area (Å²) in [7, 11) is 0.754. The smallest absolute Gasteiger partial charge is 0.435 e. The van der Waals surface area contributed by atoms with Crippen LogP contribution in [0.5, 0.6) is 0 Å². The largest absolute Gasteiger partial charge is 0.463 e. The second kappa shape index (κ2) is 11.2. The van der Waals surface area contributed by atoms with E-state index in [0.717, 1.165) is 7.05 Å². The van der Waals surface area contributed by atoms with Gasteiger partial charge in [0.1, 0.15) is 5.02 Å². The van der Waals surface area contributed by atoms with Gasteiger partial charge in [-0.1, -0.05) is 23.2 Å². The maximum atomic E-state index is 13.7. The fourth-order valence-corrected chi connectivity index (χ4v) is 3.66. The van der Waals surface area contributed by atoms with Crippen LogP contribution in [0.4, 0.5) is 51.1 Å². The lowest BCUT2D eigenvalue weighted by Gasteiger charge is -2.33. The summed E-state index contributed by atoms with van der Waals surface area (Å²) in [6, 6.07) is -0.309. The van der Waals surface area contributed by atoms with Crippen molar-refractivity contribution < 1.29 is 53.8 Å². The molecule has 2 rings (SSSR count). The minimum Gasteiger partial charge on any atom is -0.463 e. The summed E-state index contributed by atoms with van der Waals surface area (Å²) in [5.74, 6) is -2.75. The average molecular weight is 604 g/mol. The van der Waals surface area contributed by atoms with Crippen molar-refractivity contribution in [3.05, 3.63) is 49.4 Å². The lowest BCUT2D eigenvalue weighted by Crippen LogP contribution is -2.45. The van der Waals surface area contributed by atoms with E-state index in [0.29, 0.717) is 0 Å². The average Bonchev–Trinajstić information content (AvgIpc) is 2.76. The van der Waals surface area contributed by atoms with Gasteiger partial charge in [0, 0.05) is 13.7 Å². The van der Waals surface area contributed by atoms with E-state index in [4.69, 9.17) is 32.7 Å². The van der Waals surface area contributed by atoms with Crippen LogP contribution in [0.1, 0.15) is 30.7 Å². The number of rotatable bonds is 7. The zero-order valence-corrected chi connectivity index (χ0v) is 20.8. The van der Waals surface area contributed by atoms with E-state index in [-0.39, 0.29) is 28.2 Å². The first-order chi connectivity index (χ1) is 17.3. The summed E-state index contributed by atoms with van der Waals surface area (Å²) >= 11 is 11.3. The summed E-state index contributed by atoms with van der Waals surface area (Å²) < 4.78 is 133. The van der Waals surface area contributed by atoms with Gasteiger partial charge in [-0.25, -0.2) is 9.78 Å². The first-order valence-corrected chi connectivity index (χ1v) is 10.9. The second-order valence-corrected chi connectivity index (χ2v) is 7.97. The molecule has 1 atom stereocenters. The number of carbonyl (C=O) groups excluding carboxylic acids is 1.